The van der Waals surface area contributed by atoms with Gasteiger partial charge in [-0.15, -0.1) is 5.73 Å². The topological polar surface area (TPSA) is 77.8 Å². The van der Waals surface area contributed by atoms with Crippen LogP contribution in [0, 0.1) is 17.8 Å². The van der Waals surface area contributed by atoms with Gasteiger partial charge in [0.2, 0.25) is 0 Å². The predicted molar refractivity (Wildman–Crippen MR) is 128 cm³/mol. The molecule has 0 amide bonds. The van der Waals surface area contributed by atoms with Crippen LogP contribution < -0.4 is 0 Å². The molecule has 31 heavy (non-hydrogen) atoms. The molecular formula is C27H44O4. The summed E-state index contributed by atoms with van der Waals surface area (Å²) in [6, 6.07) is 0. The fourth-order valence-corrected chi connectivity index (χ4v) is 4.22. The predicted octanol–water partition coefficient (Wildman–Crippen LogP) is 6.55. The average Bonchev–Trinajstić information content (AvgIpc) is 3.13. The summed E-state index contributed by atoms with van der Waals surface area (Å²) in [6.07, 6.45) is 27.4. The van der Waals surface area contributed by atoms with E-state index in [1.807, 2.05) is 6.08 Å². The van der Waals surface area contributed by atoms with Gasteiger partial charge in [-0.25, -0.2) is 4.79 Å². The molecule has 0 aromatic carbocycles. The summed E-state index contributed by atoms with van der Waals surface area (Å²) in [5.74, 6) is -2.92. The Morgan fingerprint density at radius 3 is 2.23 bits per heavy atom. The Morgan fingerprint density at radius 1 is 0.968 bits per heavy atom. The minimum absolute atomic E-state index is 0.374. The minimum atomic E-state index is -2.72. The zero-order chi connectivity index (χ0) is 23.0. The third-order valence-corrected chi connectivity index (χ3v) is 6.28. The quantitative estimate of drug-likeness (QED) is 0.105. The molecule has 0 spiro atoms. The zero-order valence-corrected chi connectivity index (χ0v) is 19.6. The minimum Gasteiger partial charge on any atom is -0.477 e. The zero-order valence-electron chi connectivity index (χ0n) is 19.6. The largest absolute Gasteiger partial charge is 0.477 e. The fraction of sp³-hybridized carbons (Fsp3) is 0.704. The van der Waals surface area contributed by atoms with Gasteiger partial charge in [0.05, 0.1) is 0 Å². The second-order valence-electron chi connectivity index (χ2n) is 8.88. The Morgan fingerprint density at radius 2 is 1.61 bits per heavy atom. The molecule has 4 nitrogen and oxygen atoms in total. The Labute approximate surface area is 189 Å². The molecule has 0 saturated carbocycles. The summed E-state index contributed by atoms with van der Waals surface area (Å²) in [5, 5.41) is 27.3. The summed E-state index contributed by atoms with van der Waals surface area (Å²) in [6.45, 7) is 4.46. The Balaban J connectivity index is 2.33. The second-order valence-corrected chi connectivity index (χ2v) is 8.88. The van der Waals surface area contributed by atoms with Crippen LogP contribution in [0.3, 0.4) is 0 Å². The van der Waals surface area contributed by atoms with Crippen molar-refractivity contribution in [1.29, 1.82) is 0 Å². The number of allylic oxidation sites excluding steroid dienone is 4. The molecule has 0 bridgehead atoms. The molecule has 4 heteroatoms. The summed E-state index contributed by atoms with van der Waals surface area (Å²) < 4.78 is 0. The number of carboxylic acid groups (broad SMARTS) is 1. The molecule has 3 atom stereocenters. The number of carboxylic acids is 1. The summed E-state index contributed by atoms with van der Waals surface area (Å²) in [7, 11) is 0. The number of aliphatic hydroxyl groups is 2. The second kappa shape index (κ2) is 16.1. The first-order valence-electron chi connectivity index (χ1n) is 12.3. The standard InChI is InChI=1S/C27H44O4/c1-3-5-6-7-8-9-10-11-12-13-15-18-24-21-20-23(4-2)25(24)19-16-14-17-22-27(30,31)26(28)29/h15-18,20-21,23-25,30-31H,3-13,19,22H2,1-2H3,(H,28,29)/t14?,23-,24-,25+/m0/s1. The fourth-order valence-electron chi connectivity index (χ4n) is 4.22. The van der Waals surface area contributed by atoms with E-state index >= 15 is 0 Å². The van der Waals surface area contributed by atoms with Gasteiger partial charge in [-0.05, 0) is 55.6 Å². The highest BCUT2D eigenvalue weighted by atomic mass is 16.5. The molecule has 0 heterocycles. The van der Waals surface area contributed by atoms with Crippen LogP contribution in [0.2, 0.25) is 0 Å². The van der Waals surface area contributed by atoms with E-state index in [4.69, 9.17) is 5.11 Å². The molecule has 0 radical (unpaired) electrons. The first-order valence-corrected chi connectivity index (χ1v) is 12.3. The first kappa shape index (κ1) is 27.4. The van der Waals surface area contributed by atoms with Gasteiger partial charge in [0.1, 0.15) is 0 Å². The van der Waals surface area contributed by atoms with Crippen LogP contribution in [0.25, 0.3) is 0 Å². The highest BCUT2D eigenvalue weighted by Gasteiger charge is 2.31. The van der Waals surface area contributed by atoms with Crippen molar-refractivity contribution in [2.75, 3.05) is 0 Å². The van der Waals surface area contributed by atoms with E-state index in [1.165, 1.54) is 63.9 Å². The molecule has 1 aliphatic rings. The van der Waals surface area contributed by atoms with E-state index in [9.17, 15) is 15.0 Å². The molecule has 0 saturated heterocycles. The van der Waals surface area contributed by atoms with Crippen LogP contribution in [-0.4, -0.2) is 27.1 Å². The normalized spacial score (nSPS) is 20.8. The Bertz CT molecular complexity index is 611. The Hall–Kier alpha value is -1.61. The van der Waals surface area contributed by atoms with Crippen LogP contribution in [0.15, 0.2) is 42.2 Å². The first-order chi connectivity index (χ1) is 14.9. The highest BCUT2D eigenvalue weighted by Crippen LogP contribution is 2.36. The summed E-state index contributed by atoms with van der Waals surface area (Å²) >= 11 is 0. The summed E-state index contributed by atoms with van der Waals surface area (Å²) in [5.41, 5.74) is 2.92. The molecule has 1 aliphatic carbocycles. The van der Waals surface area contributed by atoms with E-state index < -0.39 is 11.8 Å². The number of unbranched alkanes of at least 4 members (excludes halogenated alkanes) is 9. The molecule has 3 N–H and O–H groups in total. The van der Waals surface area contributed by atoms with Crippen molar-refractivity contribution in [3.8, 4) is 0 Å². The van der Waals surface area contributed by atoms with Crippen molar-refractivity contribution in [2.45, 2.75) is 103 Å². The third-order valence-electron chi connectivity index (χ3n) is 6.28. The number of rotatable bonds is 17. The number of hydrogen-bond acceptors (Lipinski definition) is 3. The van der Waals surface area contributed by atoms with Crippen LogP contribution in [-0.2, 0) is 4.79 Å². The van der Waals surface area contributed by atoms with Crippen LogP contribution >= 0.6 is 0 Å². The van der Waals surface area contributed by atoms with Crippen molar-refractivity contribution in [3.63, 3.8) is 0 Å². The van der Waals surface area contributed by atoms with Crippen molar-refractivity contribution >= 4 is 5.97 Å². The van der Waals surface area contributed by atoms with E-state index in [1.54, 1.807) is 0 Å². The monoisotopic (exact) mass is 432 g/mol. The molecular weight excluding hydrogens is 388 g/mol. The van der Waals surface area contributed by atoms with Gasteiger partial charge in [-0.3, -0.25) is 0 Å². The third kappa shape index (κ3) is 11.5. The molecule has 1 rings (SSSR count). The lowest BCUT2D eigenvalue weighted by Gasteiger charge is -2.21. The van der Waals surface area contributed by atoms with Crippen molar-refractivity contribution < 1.29 is 20.1 Å². The van der Waals surface area contributed by atoms with Crippen LogP contribution in [0.4, 0.5) is 0 Å². The van der Waals surface area contributed by atoms with E-state index in [0.717, 1.165) is 19.3 Å². The lowest BCUT2D eigenvalue weighted by atomic mass is 9.83. The van der Waals surface area contributed by atoms with Crippen LogP contribution in [0.1, 0.15) is 97.3 Å². The molecule has 0 aromatic heterocycles. The lowest BCUT2D eigenvalue weighted by molar-refractivity contribution is -0.201. The summed E-state index contributed by atoms with van der Waals surface area (Å²) in [4.78, 5) is 10.7. The van der Waals surface area contributed by atoms with Gasteiger partial charge in [0.25, 0.3) is 5.79 Å². The molecule has 0 fully saturated rings. The van der Waals surface area contributed by atoms with E-state index in [-0.39, 0.29) is 6.42 Å². The number of aliphatic carboxylic acids is 1. The van der Waals surface area contributed by atoms with Gasteiger partial charge < -0.3 is 15.3 Å². The molecule has 0 unspecified atom stereocenters. The highest BCUT2D eigenvalue weighted by molar-refractivity contribution is 5.75. The van der Waals surface area contributed by atoms with Crippen molar-refractivity contribution in [2.24, 2.45) is 17.8 Å². The van der Waals surface area contributed by atoms with Crippen LogP contribution in [0.5, 0.6) is 0 Å². The van der Waals surface area contributed by atoms with Gasteiger partial charge in [0.15, 0.2) is 0 Å². The van der Waals surface area contributed by atoms with Gasteiger partial charge in [-0.1, -0.05) is 89.5 Å². The lowest BCUT2D eigenvalue weighted by Crippen LogP contribution is -2.37. The molecule has 176 valence electrons. The smallest absolute Gasteiger partial charge is 0.364 e. The average molecular weight is 433 g/mol. The number of hydrogen-bond donors (Lipinski definition) is 3. The molecule has 0 aliphatic heterocycles. The van der Waals surface area contributed by atoms with Crippen molar-refractivity contribution in [1.82, 2.24) is 0 Å². The van der Waals surface area contributed by atoms with E-state index in [2.05, 4.69) is 43.9 Å². The van der Waals surface area contributed by atoms with Gasteiger partial charge in [0, 0.05) is 6.42 Å². The van der Waals surface area contributed by atoms with Crippen molar-refractivity contribution in [3.05, 3.63) is 42.2 Å². The SMILES string of the molecule is CCCCCCCCCCCC=C[C@H]1C=C[C@H](CC)[C@H]1CC=C=CCC(O)(O)C(=O)O. The maximum Gasteiger partial charge on any atom is 0.364 e. The maximum absolute atomic E-state index is 10.7. The Kier molecular flexibility index (Phi) is 14.2. The number of carbonyl (C=O) groups is 1. The maximum atomic E-state index is 10.7. The van der Waals surface area contributed by atoms with Gasteiger partial charge in [-0.2, -0.15) is 0 Å². The van der Waals surface area contributed by atoms with Gasteiger partial charge >= 0.3 is 5.97 Å². The van der Waals surface area contributed by atoms with E-state index in [0.29, 0.717) is 17.8 Å². The molecule has 0 aromatic rings.